The molecule has 0 spiro atoms. The number of benzene rings is 2. The van der Waals surface area contributed by atoms with Gasteiger partial charge >= 0.3 is 0 Å². The second-order valence-electron chi connectivity index (χ2n) is 3.77. The quantitative estimate of drug-likeness (QED) is 0.796. The number of nitrogens with zero attached hydrogens (tertiary/aromatic N) is 2. The summed E-state index contributed by atoms with van der Waals surface area (Å²) in [5.41, 5.74) is 1.70. The molecular formula is C15H14N2O. The van der Waals surface area contributed by atoms with Crippen molar-refractivity contribution in [2.75, 3.05) is 0 Å². The minimum absolute atomic E-state index is 0.308. The Morgan fingerprint density at radius 2 is 1.67 bits per heavy atom. The normalized spacial score (nSPS) is 11.3. The van der Waals surface area contributed by atoms with Crippen LogP contribution in [0.15, 0.2) is 77.1 Å². The van der Waals surface area contributed by atoms with Gasteiger partial charge < -0.3 is 5.11 Å². The Morgan fingerprint density at radius 3 is 2.44 bits per heavy atom. The topological polar surface area (TPSA) is 45.0 Å². The van der Waals surface area contributed by atoms with E-state index in [1.54, 1.807) is 18.3 Å². The van der Waals surface area contributed by atoms with E-state index < -0.39 is 0 Å². The molecule has 0 atom stereocenters. The van der Waals surface area contributed by atoms with E-state index in [0.717, 1.165) is 11.3 Å². The summed E-state index contributed by atoms with van der Waals surface area (Å²) >= 11 is 0. The second-order valence-corrected chi connectivity index (χ2v) is 3.77. The highest BCUT2D eigenvalue weighted by atomic mass is 16.3. The Bertz CT molecular complexity index is 547. The Morgan fingerprint density at radius 1 is 0.944 bits per heavy atom. The number of rotatable bonds is 4. The molecule has 0 bridgehead atoms. The van der Waals surface area contributed by atoms with Crippen molar-refractivity contribution in [1.29, 1.82) is 0 Å². The molecule has 0 saturated carbocycles. The summed E-state index contributed by atoms with van der Waals surface area (Å²) in [4.78, 5) is 0. The predicted molar refractivity (Wildman–Crippen MR) is 71.9 cm³/mol. The summed E-state index contributed by atoms with van der Waals surface area (Å²) in [6.45, 7) is 0. The van der Waals surface area contributed by atoms with Gasteiger partial charge in [-0.2, -0.15) is 10.2 Å². The zero-order valence-electron chi connectivity index (χ0n) is 9.90. The van der Waals surface area contributed by atoms with Crippen molar-refractivity contribution >= 4 is 5.69 Å². The molecule has 0 aromatic heterocycles. The molecule has 2 aromatic rings. The summed E-state index contributed by atoms with van der Waals surface area (Å²) in [7, 11) is 0. The number of azo groups is 1. The van der Waals surface area contributed by atoms with Gasteiger partial charge in [0.2, 0.25) is 0 Å². The van der Waals surface area contributed by atoms with Crippen LogP contribution in [-0.4, -0.2) is 5.11 Å². The van der Waals surface area contributed by atoms with Crippen LogP contribution in [0.25, 0.3) is 0 Å². The van der Waals surface area contributed by atoms with E-state index in [-0.39, 0.29) is 0 Å². The van der Waals surface area contributed by atoms with Crippen LogP contribution in [0.1, 0.15) is 5.56 Å². The Balaban J connectivity index is 1.90. The third kappa shape index (κ3) is 3.56. The van der Waals surface area contributed by atoms with Crippen molar-refractivity contribution in [3.05, 3.63) is 72.4 Å². The lowest BCUT2D eigenvalue weighted by Crippen LogP contribution is -1.80. The smallest absolute Gasteiger partial charge is 0.119 e. The predicted octanol–water partition coefficient (Wildman–Crippen LogP) is 4.23. The van der Waals surface area contributed by atoms with Crippen LogP contribution in [0.5, 0.6) is 5.75 Å². The molecule has 0 saturated heterocycles. The lowest BCUT2D eigenvalue weighted by molar-refractivity contribution is 0.469. The molecular weight excluding hydrogens is 224 g/mol. The highest BCUT2D eigenvalue weighted by Crippen LogP contribution is 2.16. The fourth-order valence-electron chi connectivity index (χ4n) is 1.50. The lowest BCUT2D eigenvalue weighted by atomic mass is 10.1. The summed E-state index contributed by atoms with van der Waals surface area (Å²) in [5.74, 6) is 0.308. The zero-order chi connectivity index (χ0) is 12.6. The van der Waals surface area contributed by atoms with Crippen LogP contribution < -0.4 is 0 Å². The highest BCUT2D eigenvalue weighted by Gasteiger charge is 1.95. The SMILES string of the molecule is Oc1ccccc1CC=CN=Nc1ccccc1. The molecule has 3 nitrogen and oxygen atoms in total. The molecule has 3 heteroatoms. The number of allylic oxidation sites excluding steroid dienone is 1. The van der Waals surface area contributed by atoms with Crippen molar-refractivity contribution in [3.63, 3.8) is 0 Å². The van der Waals surface area contributed by atoms with E-state index in [4.69, 9.17) is 0 Å². The van der Waals surface area contributed by atoms with Crippen LogP contribution in [-0.2, 0) is 6.42 Å². The zero-order valence-corrected chi connectivity index (χ0v) is 9.90. The van der Waals surface area contributed by atoms with Gasteiger partial charge in [0.05, 0.1) is 5.69 Å². The molecule has 1 N–H and O–H groups in total. The molecule has 90 valence electrons. The monoisotopic (exact) mass is 238 g/mol. The van der Waals surface area contributed by atoms with Gasteiger partial charge in [0.1, 0.15) is 5.75 Å². The summed E-state index contributed by atoms with van der Waals surface area (Å²) in [6, 6.07) is 16.8. The van der Waals surface area contributed by atoms with E-state index in [9.17, 15) is 5.11 Å². The molecule has 0 heterocycles. The van der Waals surface area contributed by atoms with Gasteiger partial charge in [-0.05, 0) is 30.2 Å². The van der Waals surface area contributed by atoms with Crippen LogP contribution in [0.2, 0.25) is 0 Å². The first-order valence-electron chi connectivity index (χ1n) is 5.74. The van der Waals surface area contributed by atoms with E-state index >= 15 is 0 Å². The molecule has 0 aliphatic carbocycles. The van der Waals surface area contributed by atoms with Crippen LogP contribution in [0.3, 0.4) is 0 Å². The number of phenolic OH excluding ortho intramolecular Hbond substituents is 1. The molecule has 18 heavy (non-hydrogen) atoms. The van der Waals surface area contributed by atoms with Gasteiger partial charge in [0.15, 0.2) is 0 Å². The number of hydrogen-bond acceptors (Lipinski definition) is 3. The largest absolute Gasteiger partial charge is 0.508 e. The van der Waals surface area contributed by atoms with Gasteiger partial charge in [-0.3, -0.25) is 0 Å². The van der Waals surface area contributed by atoms with E-state index in [2.05, 4.69) is 10.2 Å². The van der Waals surface area contributed by atoms with Gasteiger partial charge in [-0.15, -0.1) is 0 Å². The minimum atomic E-state index is 0.308. The van der Waals surface area contributed by atoms with Crippen LogP contribution in [0.4, 0.5) is 5.69 Å². The second kappa shape index (κ2) is 6.35. The average molecular weight is 238 g/mol. The van der Waals surface area contributed by atoms with Gasteiger partial charge in [-0.25, -0.2) is 0 Å². The Hall–Kier alpha value is -2.42. The molecule has 0 amide bonds. The average Bonchev–Trinajstić information content (AvgIpc) is 2.42. The third-order valence-electron chi connectivity index (χ3n) is 2.43. The van der Waals surface area contributed by atoms with Crippen molar-refractivity contribution in [2.45, 2.75) is 6.42 Å². The van der Waals surface area contributed by atoms with Crippen molar-refractivity contribution < 1.29 is 5.11 Å². The van der Waals surface area contributed by atoms with Gasteiger partial charge in [0, 0.05) is 6.20 Å². The minimum Gasteiger partial charge on any atom is -0.508 e. The molecule has 0 aliphatic rings. The van der Waals surface area contributed by atoms with E-state index in [0.29, 0.717) is 12.2 Å². The summed E-state index contributed by atoms with van der Waals surface area (Å²) in [6.07, 6.45) is 4.14. The fraction of sp³-hybridized carbons (Fsp3) is 0.0667. The maximum atomic E-state index is 9.56. The Kier molecular flexibility index (Phi) is 4.25. The number of hydrogen-bond donors (Lipinski definition) is 1. The number of aromatic hydroxyl groups is 1. The molecule has 0 unspecified atom stereocenters. The van der Waals surface area contributed by atoms with Crippen molar-refractivity contribution in [1.82, 2.24) is 0 Å². The lowest BCUT2D eigenvalue weighted by Gasteiger charge is -1.98. The molecule has 2 aromatic carbocycles. The van der Waals surface area contributed by atoms with Crippen LogP contribution in [0, 0.1) is 0 Å². The van der Waals surface area contributed by atoms with E-state index in [1.165, 1.54) is 0 Å². The van der Waals surface area contributed by atoms with Gasteiger partial charge in [-0.1, -0.05) is 42.5 Å². The van der Waals surface area contributed by atoms with Gasteiger partial charge in [0.25, 0.3) is 0 Å². The highest BCUT2D eigenvalue weighted by molar-refractivity contribution is 5.35. The first-order chi connectivity index (χ1) is 8.86. The summed E-state index contributed by atoms with van der Waals surface area (Å²) in [5, 5.41) is 17.5. The number of para-hydroxylation sites is 1. The van der Waals surface area contributed by atoms with E-state index in [1.807, 2.05) is 48.5 Å². The summed E-state index contributed by atoms with van der Waals surface area (Å²) < 4.78 is 0. The number of phenols is 1. The maximum absolute atomic E-state index is 9.56. The van der Waals surface area contributed by atoms with Crippen LogP contribution >= 0.6 is 0 Å². The molecule has 0 fully saturated rings. The standard InChI is InChI=1S/C15H14N2O/c18-15-11-5-4-7-13(15)8-6-12-16-17-14-9-2-1-3-10-14/h1-7,9-12,18H,8H2. The fourth-order valence-corrected chi connectivity index (χ4v) is 1.50. The molecule has 0 radical (unpaired) electrons. The van der Waals surface area contributed by atoms with Crippen molar-refractivity contribution in [3.8, 4) is 5.75 Å². The molecule has 2 rings (SSSR count). The molecule has 0 aliphatic heterocycles. The Labute approximate surface area is 106 Å². The maximum Gasteiger partial charge on any atom is 0.119 e. The van der Waals surface area contributed by atoms with Crippen molar-refractivity contribution in [2.24, 2.45) is 10.2 Å². The first kappa shape index (κ1) is 12.0. The first-order valence-corrected chi connectivity index (χ1v) is 5.74. The third-order valence-corrected chi connectivity index (χ3v) is 2.43.